The van der Waals surface area contributed by atoms with E-state index < -0.39 is 0 Å². The quantitative estimate of drug-likeness (QED) is 0.738. The van der Waals surface area contributed by atoms with Crippen LogP contribution in [0.2, 0.25) is 0 Å². The zero-order valence-electron chi connectivity index (χ0n) is 10.9. The first-order valence-corrected chi connectivity index (χ1v) is 5.72. The Kier molecular flexibility index (Phi) is 5.97. The van der Waals surface area contributed by atoms with Crippen molar-refractivity contribution in [2.75, 3.05) is 27.9 Å². The molecule has 0 aliphatic carbocycles. The summed E-state index contributed by atoms with van der Waals surface area (Å²) in [6.07, 6.45) is -0.322. The number of rotatable bonds is 7. The first kappa shape index (κ1) is 14.0. The number of hydrogen-bond donors (Lipinski definition) is 1. The van der Waals surface area contributed by atoms with Crippen LogP contribution in [0.5, 0.6) is 5.75 Å². The van der Waals surface area contributed by atoms with Crippen molar-refractivity contribution in [1.29, 1.82) is 0 Å². The summed E-state index contributed by atoms with van der Waals surface area (Å²) < 4.78 is 16.0. The van der Waals surface area contributed by atoms with E-state index in [-0.39, 0.29) is 12.3 Å². The van der Waals surface area contributed by atoms with Gasteiger partial charge < -0.3 is 19.5 Å². The van der Waals surface area contributed by atoms with Crippen molar-refractivity contribution in [1.82, 2.24) is 5.32 Å². The molecule has 0 saturated carbocycles. The van der Waals surface area contributed by atoms with Gasteiger partial charge in [-0.05, 0) is 31.7 Å². The lowest BCUT2D eigenvalue weighted by Crippen LogP contribution is -2.32. The number of nitrogens with one attached hydrogen (secondary N) is 1. The molecule has 1 atom stereocenters. The van der Waals surface area contributed by atoms with E-state index in [0.717, 1.165) is 11.3 Å². The highest BCUT2D eigenvalue weighted by Crippen LogP contribution is 2.23. The topological polar surface area (TPSA) is 39.7 Å². The van der Waals surface area contributed by atoms with Crippen LogP contribution in [0.3, 0.4) is 0 Å². The van der Waals surface area contributed by atoms with E-state index in [1.165, 1.54) is 0 Å². The van der Waals surface area contributed by atoms with Crippen LogP contribution in [-0.2, 0) is 9.47 Å². The van der Waals surface area contributed by atoms with Gasteiger partial charge in [-0.2, -0.15) is 0 Å². The molecule has 0 aliphatic rings. The van der Waals surface area contributed by atoms with Crippen LogP contribution < -0.4 is 10.1 Å². The van der Waals surface area contributed by atoms with E-state index >= 15 is 0 Å². The zero-order chi connectivity index (χ0) is 12.7. The number of likely N-dealkylation sites (N-methyl/N-ethyl adjacent to an activating group) is 1. The Hall–Kier alpha value is -1.10. The normalized spacial score (nSPS) is 12.8. The van der Waals surface area contributed by atoms with Gasteiger partial charge in [-0.25, -0.2) is 0 Å². The van der Waals surface area contributed by atoms with Gasteiger partial charge in [0.2, 0.25) is 0 Å². The summed E-state index contributed by atoms with van der Waals surface area (Å²) in [4.78, 5) is 0. The van der Waals surface area contributed by atoms with Gasteiger partial charge in [-0.1, -0.05) is 12.1 Å². The standard InChI is InChI=1S/C13H21NO3/c1-5-17-11-8-6-7-10(9-11)12(14-2)13(15-3)16-4/h6-9,12-14H,5H2,1-4H3. The van der Waals surface area contributed by atoms with Gasteiger partial charge in [0, 0.05) is 14.2 Å². The minimum atomic E-state index is -0.322. The van der Waals surface area contributed by atoms with Crippen molar-refractivity contribution in [3.05, 3.63) is 29.8 Å². The third-order valence-electron chi connectivity index (χ3n) is 2.58. The van der Waals surface area contributed by atoms with E-state index in [2.05, 4.69) is 5.32 Å². The molecule has 1 rings (SSSR count). The lowest BCUT2D eigenvalue weighted by Gasteiger charge is -2.25. The van der Waals surface area contributed by atoms with E-state index in [1.54, 1.807) is 14.2 Å². The summed E-state index contributed by atoms with van der Waals surface area (Å²) in [6.45, 7) is 2.63. The molecule has 0 radical (unpaired) electrons. The molecule has 1 N–H and O–H groups in total. The van der Waals surface area contributed by atoms with Crippen LogP contribution in [0.1, 0.15) is 18.5 Å². The molecule has 0 fully saturated rings. The average Bonchev–Trinajstić information content (AvgIpc) is 2.36. The summed E-state index contributed by atoms with van der Waals surface area (Å²) in [5, 5.41) is 3.18. The number of hydrogen-bond acceptors (Lipinski definition) is 4. The van der Waals surface area contributed by atoms with Crippen molar-refractivity contribution in [3.8, 4) is 5.75 Å². The summed E-state index contributed by atoms with van der Waals surface area (Å²) in [5.41, 5.74) is 1.08. The zero-order valence-corrected chi connectivity index (χ0v) is 10.9. The monoisotopic (exact) mass is 239 g/mol. The maximum Gasteiger partial charge on any atom is 0.176 e. The highest BCUT2D eigenvalue weighted by Gasteiger charge is 2.21. The smallest absolute Gasteiger partial charge is 0.176 e. The molecular formula is C13H21NO3. The van der Waals surface area contributed by atoms with Gasteiger partial charge in [0.1, 0.15) is 5.75 Å². The van der Waals surface area contributed by atoms with Gasteiger partial charge in [0.05, 0.1) is 12.6 Å². The minimum absolute atomic E-state index is 0.0228. The maximum absolute atomic E-state index is 5.48. The highest BCUT2D eigenvalue weighted by atomic mass is 16.7. The van der Waals surface area contributed by atoms with Crippen LogP contribution in [0.4, 0.5) is 0 Å². The maximum atomic E-state index is 5.48. The van der Waals surface area contributed by atoms with Crippen LogP contribution >= 0.6 is 0 Å². The molecule has 0 heterocycles. The molecule has 4 nitrogen and oxygen atoms in total. The lowest BCUT2D eigenvalue weighted by atomic mass is 10.1. The van der Waals surface area contributed by atoms with Gasteiger partial charge >= 0.3 is 0 Å². The second kappa shape index (κ2) is 7.27. The molecule has 1 unspecified atom stereocenters. The van der Waals surface area contributed by atoms with Crippen LogP contribution in [0.15, 0.2) is 24.3 Å². The van der Waals surface area contributed by atoms with Crippen molar-refractivity contribution < 1.29 is 14.2 Å². The molecule has 1 aromatic rings. The predicted molar refractivity (Wildman–Crippen MR) is 67.2 cm³/mol. The average molecular weight is 239 g/mol. The number of benzene rings is 1. The lowest BCUT2D eigenvalue weighted by molar-refractivity contribution is -0.123. The first-order valence-electron chi connectivity index (χ1n) is 5.72. The van der Waals surface area contributed by atoms with Crippen molar-refractivity contribution in [2.24, 2.45) is 0 Å². The van der Waals surface area contributed by atoms with Gasteiger partial charge in [-0.15, -0.1) is 0 Å². The highest BCUT2D eigenvalue weighted by molar-refractivity contribution is 5.31. The molecule has 4 heteroatoms. The molecule has 0 spiro atoms. The molecule has 1 aromatic carbocycles. The number of ether oxygens (including phenoxy) is 3. The third kappa shape index (κ3) is 3.70. The first-order chi connectivity index (χ1) is 8.26. The van der Waals surface area contributed by atoms with E-state index in [4.69, 9.17) is 14.2 Å². The molecule has 0 bridgehead atoms. The molecule has 0 aliphatic heterocycles. The molecule has 0 amide bonds. The minimum Gasteiger partial charge on any atom is -0.494 e. The summed E-state index contributed by atoms with van der Waals surface area (Å²) in [6, 6.07) is 7.90. The Morgan fingerprint density at radius 2 is 1.94 bits per heavy atom. The molecule has 0 aromatic heterocycles. The van der Waals surface area contributed by atoms with E-state index in [9.17, 15) is 0 Å². The largest absolute Gasteiger partial charge is 0.494 e. The summed E-state index contributed by atoms with van der Waals surface area (Å²) in [5.74, 6) is 0.858. The molecule has 96 valence electrons. The Morgan fingerprint density at radius 3 is 2.47 bits per heavy atom. The van der Waals surface area contributed by atoms with Gasteiger partial charge in [-0.3, -0.25) is 0 Å². The Balaban J connectivity index is 2.90. The molecule has 0 saturated heterocycles. The van der Waals surface area contributed by atoms with E-state index in [1.807, 2.05) is 38.2 Å². The second-order valence-electron chi connectivity index (χ2n) is 3.61. The van der Waals surface area contributed by atoms with Crippen molar-refractivity contribution in [2.45, 2.75) is 19.3 Å². The second-order valence-corrected chi connectivity index (χ2v) is 3.61. The third-order valence-corrected chi connectivity index (χ3v) is 2.58. The fourth-order valence-electron chi connectivity index (χ4n) is 1.79. The Bertz CT molecular complexity index is 326. The van der Waals surface area contributed by atoms with Crippen LogP contribution in [0, 0.1) is 0 Å². The SMILES string of the molecule is CCOc1cccc(C(NC)C(OC)OC)c1. The summed E-state index contributed by atoms with van der Waals surface area (Å²) >= 11 is 0. The van der Waals surface area contributed by atoms with Crippen LogP contribution in [0.25, 0.3) is 0 Å². The van der Waals surface area contributed by atoms with Gasteiger partial charge in [0.25, 0.3) is 0 Å². The van der Waals surface area contributed by atoms with Crippen LogP contribution in [-0.4, -0.2) is 34.2 Å². The molecular weight excluding hydrogens is 218 g/mol. The summed E-state index contributed by atoms with van der Waals surface area (Å²) in [7, 11) is 5.14. The fraction of sp³-hybridized carbons (Fsp3) is 0.538. The van der Waals surface area contributed by atoms with Gasteiger partial charge in [0.15, 0.2) is 6.29 Å². The Labute approximate surface area is 103 Å². The van der Waals surface area contributed by atoms with Crippen molar-refractivity contribution >= 4 is 0 Å². The fourth-order valence-corrected chi connectivity index (χ4v) is 1.79. The predicted octanol–water partition coefficient (Wildman–Crippen LogP) is 1.96. The Morgan fingerprint density at radius 1 is 1.24 bits per heavy atom. The molecule has 17 heavy (non-hydrogen) atoms. The van der Waals surface area contributed by atoms with E-state index in [0.29, 0.717) is 6.61 Å². The number of methoxy groups -OCH3 is 2. The van der Waals surface area contributed by atoms with Crippen molar-refractivity contribution in [3.63, 3.8) is 0 Å².